The van der Waals surface area contributed by atoms with Crippen LogP contribution < -0.4 is 0 Å². The first-order valence-electron chi connectivity index (χ1n) is 6.86. The number of carboxylic acid groups (broad SMARTS) is 1. The molecule has 1 aliphatic rings. The quantitative estimate of drug-likeness (QED) is 0.919. The fourth-order valence-corrected chi connectivity index (χ4v) is 4.67. The van der Waals surface area contributed by atoms with E-state index in [0.717, 1.165) is 0 Å². The normalized spacial score (nSPS) is 22.4. The lowest BCUT2D eigenvalue weighted by Crippen LogP contribution is -2.30. The van der Waals surface area contributed by atoms with Gasteiger partial charge in [-0.15, -0.1) is 0 Å². The van der Waals surface area contributed by atoms with E-state index in [1.54, 1.807) is 24.3 Å². The van der Waals surface area contributed by atoms with E-state index in [1.165, 1.54) is 0 Å². The molecule has 112 valence electrons. The SMILES string of the molecule is N#Cc1ccccc1CS(=O)(=O)C1CCC(C(=O)O)CC1. The predicted octanol–water partition coefficient (Wildman–Crippen LogP) is 2.12. The van der Waals surface area contributed by atoms with E-state index in [2.05, 4.69) is 0 Å². The first-order valence-corrected chi connectivity index (χ1v) is 8.58. The van der Waals surface area contributed by atoms with Gasteiger partial charge in [-0.25, -0.2) is 8.42 Å². The van der Waals surface area contributed by atoms with Gasteiger partial charge >= 0.3 is 5.97 Å². The number of rotatable bonds is 4. The average Bonchev–Trinajstić information content (AvgIpc) is 2.47. The second-order valence-corrected chi connectivity index (χ2v) is 7.67. The van der Waals surface area contributed by atoms with Crippen LogP contribution in [0.5, 0.6) is 0 Å². The molecule has 21 heavy (non-hydrogen) atoms. The van der Waals surface area contributed by atoms with Crippen LogP contribution >= 0.6 is 0 Å². The first kappa shape index (κ1) is 15.5. The Labute approximate surface area is 124 Å². The van der Waals surface area contributed by atoms with Crippen LogP contribution in [-0.4, -0.2) is 24.7 Å². The van der Waals surface area contributed by atoms with Crippen molar-refractivity contribution in [2.45, 2.75) is 36.7 Å². The Morgan fingerprint density at radius 2 is 1.86 bits per heavy atom. The highest BCUT2D eigenvalue weighted by molar-refractivity contribution is 7.91. The third-order valence-electron chi connectivity index (χ3n) is 4.03. The van der Waals surface area contributed by atoms with Crippen LogP contribution in [0.3, 0.4) is 0 Å². The third kappa shape index (κ3) is 3.61. The van der Waals surface area contributed by atoms with Gasteiger partial charge in [0.25, 0.3) is 0 Å². The molecule has 2 rings (SSSR count). The van der Waals surface area contributed by atoms with Crippen molar-refractivity contribution in [3.63, 3.8) is 0 Å². The molecular weight excluding hydrogens is 290 g/mol. The van der Waals surface area contributed by atoms with Gasteiger partial charge in [0.05, 0.1) is 28.6 Å². The maximum absolute atomic E-state index is 12.4. The number of nitrogens with zero attached hydrogens (tertiary/aromatic N) is 1. The van der Waals surface area contributed by atoms with Crippen LogP contribution in [0.15, 0.2) is 24.3 Å². The van der Waals surface area contributed by atoms with E-state index >= 15 is 0 Å². The summed E-state index contributed by atoms with van der Waals surface area (Å²) in [5, 5.41) is 17.5. The fourth-order valence-electron chi connectivity index (χ4n) is 2.76. The molecule has 1 fully saturated rings. The summed E-state index contributed by atoms with van der Waals surface area (Å²) in [5.74, 6) is -1.43. The minimum Gasteiger partial charge on any atom is -0.481 e. The van der Waals surface area contributed by atoms with E-state index in [4.69, 9.17) is 10.4 Å². The van der Waals surface area contributed by atoms with Gasteiger partial charge in [0.2, 0.25) is 0 Å². The number of aliphatic carboxylic acids is 1. The Morgan fingerprint density at radius 3 is 2.43 bits per heavy atom. The van der Waals surface area contributed by atoms with Gasteiger partial charge < -0.3 is 5.11 Å². The molecule has 5 nitrogen and oxygen atoms in total. The molecular formula is C15H17NO4S. The van der Waals surface area contributed by atoms with Gasteiger partial charge in [0.1, 0.15) is 0 Å². The van der Waals surface area contributed by atoms with Crippen molar-refractivity contribution in [3.8, 4) is 6.07 Å². The van der Waals surface area contributed by atoms with Gasteiger partial charge in [0, 0.05) is 0 Å². The van der Waals surface area contributed by atoms with E-state index in [1.807, 2.05) is 6.07 Å². The van der Waals surface area contributed by atoms with Gasteiger partial charge in [-0.3, -0.25) is 4.79 Å². The standard InChI is InChI=1S/C15H17NO4S/c16-9-12-3-1-2-4-13(12)10-21(19,20)14-7-5-11(6-8-14)15(17)18/h1-4,11,14H,5-8,10H2,(H,17,18). The minimum absolute atomic E-state index is 0.154. The number of carbonyl (C=O) groups is 1. The molecule has 0 aromatic heterocycles. The predicted molar refractivity (Wildman–Crippen MR) is 77.2 cm³/mol. The second kappa shape index (κ2) is 6.27. The molecule has 1 N–H and O–H groups in total. The molecule has 0 saturated heterocycles. The molecule has 0 amide bonds. The Morgan fingerprint density at radius 1 is 1.24 bits per heavy atom. The zero-order valence-electron chi connectivity index (χ0n) is 11.5. The molecule has 0 heterocycles. The molecule has 1 saturated carbocycles. The molecule has 0 aliphatic heterocycles. The first-order chi connectivity index (χ1) is 9.94. The lowest BCUT2D eigenvalue weighted by molar-refractivity contribution is -0.142. The van der Waals surface area contributed by atoms with Crippen LogP contribution in [0.2, 0.25) is 0 Å². The zero-order chi connectivity index (χ0) is 15.5. The number of hydrogen-bond acceptors (Lipinski definition) is 4. The van der Waals surface area contributed by atoms with Crippen LogP contribution in [0.4, 0.5) is 0 Å². The summed E-state index contributed by atoms with van der Waals surface area (Å²) in [7, 11) is -3.36. The molecule has 0 atom stereocenters. The molecule has 0 radical (unpaired) electrons. The van der Waals surface area contributed by atoms with Crippen molar-refractivity contribution in [3.05, 3.63) is 35.4 Å². The topological polar surface area (TPSA) is 95.2 Å². The van der Waals surface area contributed by atoms with Gasteiger partial charge in [-0.2, -0.15) is 5.26 Å². The Balaban J connectivity index is 2.10. The molecule has 6 heteroatoms. The Kier molecular flexibility index (Phi) is 4.63. The lowest BCUT2D eigenvalue weighted by atomic mass is 9.89. The maximum atomic E-state index is 12.4. The van der Waals surface area contributed by atoms with E-state index in [0.29, 0.717) is 36.8 Å². The number of hydrogen-bond donors (Lipinski definition) is 1. The summed E-state index contributed by atoms with van der Waals surface area (Å²) in [6, 6.07) is 8.67. The summed E-state index contributed by atoms with van der Waals surface area (Å²) in [5.41, 5.74) is 0.889. The summed E-state index contributed by atoms with van der Waals surface area (Å²) < 4.78 is 24.9. The van der Waals surface area contributed by atoms with Crippen molar-refractivity contribution in [2.24, 2.45) is 5.92 Å². The number of sulfone groups is 1. The van der Waals surface area contributed by atoms with Crippen molar-refractivity contribution in [1.29, 1.82) is 5.26 Å². The third-order valence-corrected chi connectivity index (χ3v) is 6.23. The maximum Gasteiger partial charge on any atom is 0.306 e. The van der Waals surface area contributed by atoms with Crippen LogP contribution in [0.25, 0.3) is 0 Å². The number of benzene rings is 1. The summed E-state index contributed by atoms with van der Waals surface area (Å²) in [6.45, 7) is 0. The summed E-state index contributed by atoms with van der Waals surface area (Å²) >= 11 is 0. The highest BCUT2D eigenvalue weighted by atomic mass is 32.2. The number of nitriles is 1. The molecule has 1 aromatic rings. The fraction of sp³-hybridized carbons (Fsp3) is 0.467. The minimum atomic E-state index is -3.36. The lowest BCUT2D eigenvalue weighted by Gasteiger charge is -2.26. The van der Waals surface area contributed by atoms with E-state index in [9.17, 15) is 13.2 Å². The molecule has 0 bridgehead atoms. The molecule has 0 unspecified atom stereocenters. The van der Waals surface area contributed by atoms with Crippen molar-refractivity contribution in [1.82, 2.24) is 0 Å². The van der Waals surface area contributed by atoms with Gasteiger partial charge in [-0.05, 0) is 37.3 Å². The molecule has 1 aliphatic carbocycles. The second-order valence-electron chi connectivity index (χ2n) is 5.39. The zero-order valence-corrected chi connectivity index (χ0v) is 12.3. The Hall–Kier alpha value is -1.87. The summed E-state index contributed by atoms with van der Waals surface area (Å²) in [4.78, 5) is 10.9. The summed E-state index contributed by atoms with van der Waals surface area (Å²) in [6.07, 6.45) is 1.57. The molecule has 0 spiro atoms. The highest BCUT2D eigenvalue weighted by Gasteiger charge is 2.33. The monoisotopic (exact) mass is 307 g/mol. The van der Waals surface area contributed by atoms with Crippen LogP contribution in [-0.2, 0) is 20.4 Å². The van der Waals surface area contributed by atoms with Crippen LogP contribution in [0.1, 0.15) is 36.8 Å². The smallest absolute Gasteiger partial charge is 0.306 e. The largest absolute Gasteiger partial charge is 0.481 e. The van der Waals surface area contributed by atoms with Crippen LogP contribution in [0, 0.1) is 17.2 Å². The van der Waals surface area contributed by atoms with Gasteiger partial charge in [0.15, 0.2) is 9.84 Å². The number of carboxylic acids is 1. The highest BCUT2D eigenvalue weighted by Crippen LogP contribution is 2.30. The van der Waals surface area contributed by atoms with Crippen molar-refractivity contribution in [2.75, 3.05) is 0 Å². The van der Waals surface area contributed by atoms with Crippen molar-refractivity contribution < 1.29 is 18.3 Å². The average molecular weight is 307 g/mol. The molecule has 1 aromatic carbocycles. The van der Waals surface area contributed by atoms with E-state index < -0.39 is 27.0 Å². The Bertz CT molecular complexity index is 667. The van der Waals surface area contributed by atoms with Gasteiger partial charge in [-0.1, -0.05) is 18.2 Å². The van der Waals surface area contributed by atoms with Crippen molar-refractivity contribution >= 4 is 15.8 Å². The van der Waals surface area contributed by atoms with E-state index in [-0.39, 0.29) is 5.75 Å².